The molecule has 32 heavy (non-hydrogen) atoms. The van der Waals surface area contributed by atoms with Crippen LogP contribution in [0.15, 0.2) is 55.1 Å². The Bertz CT molecular complexity index is 1140. The summed E-state index contributed by atoms with van der Waals surface area (Å²) >= 11 is 0. The molecule has 0 fully saturated rings. The zero-order valence-corrected chi connectivity index (χ0v) is 17.8. The van der Waals surface area contributed by atoms with Crippen molar-refractivity contribution < 1.29 is 13.6 Å². The van der Waals surface area contributed by atoms with Crippen molar-refractivity contribution in [1.29, 1.82) is 0 Å². The first-order chi connectivity index (χ1) is 15.3. The second-order valence-corrected chi connectivity index (χ2v) is 8.03. The predicted octanol–water partition coefficient (Wildman–Crippen LogP) is 5.51. The molecule has 0 aromatic carbocycles. The fourth-order valence-corrected chi connectivity index (χ4v) is 3.52. The Morgan fingerprint density at radius 1 is 1.06 bits per heavy atom. The highest BCUT2D eigenvalue weighted by Crippen LogP contribution is 2.40. The number of alkyl halides is 2. The van der Waals surface area contributed by atoms with E-state index in [9.17, 15) is 13.6 Å². The van der Waals surface area contributed by atoms with Crippen LogP contribution in [0.3, 0.4) is 0 Å². The SMILES string of the molecule is CC(C)c1ncc(C(=O)Nc2c(-c3ccccn3)ccnc2C2=CCC(F)(F)CC2)cn1. The van der Waals surface area contributed by atoms with Gasteiger partial charge in [0.15, 0.2) is 0 Å². The van der Waals surface area contributed by atoms with Gasteiger partial charge in [-0.05, 0) is 30.2 Å². The molecule has 0 bridgehead atoms. The molecule has 1 N–H and O–H groups in total. The van der Waals surface area contributed by atoms with E-state index in [0.717, 1.165) is 0 Å². The average molecular weight is 435 g/mol. The minimum absolute atomic E-state index is 0.143. The van der Waals surface area contributed by atoms with E-state index in [1.54, 1.807) is 24.5 Å². The number of pyridine rings is 2. The molecule has 0 unspecified atom stereocenters. The summed E-state index contributed by atoms with van der Waals surface area (Å²) in [5.74, 6) is -2.34. The summed E-state index contributed by atoms with van der Waals surface area (Å²) in [6.45, 7) is 3.94. The number of aromatic nitrogens is 4. The molecule has 3 heterocycles. The zero-order valence-electron chi connectivity index (χ0n) is 17.8. The lowest BCUT2D eigenvalue weighted by Crippen LogP contribution is -2.20. The molecule has 1 aliphatic carbocycles. The van der Waals surface area contributed by atoms with Gasteiger partial charge in [0.2, 0.25) is 0 Å². The van der Waals surface area contributed by atoms with Crippen molar-refractivity contribution in [2.75, 3.05) is 5.32 Å². The first-order valence-electron chi connectivity index (χ1n) is 10.4. The molecule has 8 heteroatoms. The van der Waals surface area contributed by atoms with E-state index in [1.807, 2.05) is 26.0 Å². The topological polar surface area (TPSA) is 80.7 Å². The van der Waals surface area contributed by atoms with Crippen molar-refractivity contribution in [3.63, 3.8) is 0 Å². The van der Waals surface area contributed by atoms with Gasteiger partial charge in [-0.2, -0.15) is 0 Å². The number of carbonyl (C=O) groups excluding carboxylic acids is 1. The van der Waals surface area contributed by atoms with Gasteiger partial charge in [-0.1, -0.05) is 26.0 Å². The number of amides is 1. The van der Waals surface area contributed by atoms with Crippen LogP contribution < -0.4 is 5.32 Å². The monoisotopic (exact) mass is 435 g/mol. The summed E-state index contributed by atoms with van der Waals surface area (Å²) in [4.78, 5) is 30.4. The Balaban J connectivity index is 1.74. The second-order valence-electron chi connectivity index (χ2n) is 8.03. The number of carbonyl (C=O) groups is 1. The van der Waals surface area contributed by atoms with E-state index in [2.05, 4.69) is 25.3 Å². The van der Waals surface area contributed by atoms with Gasteiger partial charge < -0.3 is 5.32 Å². The summed E-state index contributed by atoms with van der Waals surface area (Å²) in [5.41, 5.74) is 3.16. The molecule has 6 nitrogen and oxygen atoms in total. The minimum Gasteiger partial charge on any atom is -0.319 e. The summed E-state index contributed by atoms with van der Waals surface area (Å²) in [5, 5.41) is 2.91. The van der Waals surface area contributed by atoms with Crippen LogP contribution in [0.2, 0.25) is 0 Å². The maximum atomic E-state index is 13.7. The molecule has 0 spiro atoms. The molecule has 1 amide bonds. The number of halogens is 2. The van der Waals surface area contributed by atoms with Crippen molar-refractivity contribution in [3.05, 3.63) is 72.2 Å². The van der Waals surface area contributed by atoms with Gasteiger partial charge in [0.25, 0.3) is 11.8 Å². The van der Waals surface area contributed by atoms with Crippen LogP contribution >= 0.6 is 0 Å². The van der Waals surface area contributed by atoms with Crippen molar-refractivity contribution in [2.24, 2.45) is 0 Å². The fourth-order valence-electron chi connectivity index (χ4n) is 3.52. The van der Waals surface area contributed by atoms with Gasteiger partial charge in [-0.25, -0.2) is 18.7 Å². The Hall–Kier alpha value is -3.55. The van der Waals surface area contributed by atoms with Gasteiger partial charge in [0.1, 0.15) is 5.82 Å². The highest BCUT2D eigenvalue weighted by Gasteiger charge is 2.32. The van der Waals surface area contributed by atoms with Crippen LogP contribution in [0.5, 0.6) is 0 Å². The lowest BCUT2D eigenvalue weighted by molar-refractivity contribution is -0.00606. The number of rotatable bonds is 5. The first-order valence-corrected chi connectivity index (χ1v) is 10.4. The third-order valence-corrected chi connectivity index (χ3v) is 5.29. The normalized spacial score (nSPS) is 15.3. The second kappa shape index (κ2) is 8.90. The Morgan fingerprint density at radius 3 is 2.47 bits per heavy atom. The van der Waals surface area contributed by atoms with Crippen molar-refractivity contribution >= 4 is 17.2 Å². The van der Waals surface area contributed by atoms with E-state index in [0.29, 0.717) is 39.6 Å². The van der Waals surface area contributed by atoms with E-state index in [4.69, 9.17) is 0 Å². The van der Waals surface area contributed by atoms with Gasteiger partial charge in [-0.15, -0.1) is 0 Å². The van der Waals surface area contributed by atoms with Crippen LogP contribution in [0.1, 0.15) is 60.9 Å². The minimum atomic E-state index is -2.72. The molecule has 0 saturated heterocycles. The Labute approximate surface area is 184 Å². The Kier molecular flexibility index (Phi) is 6.03. The lowest BCUT2D eigenvalue weighted by Gasteiger charge is -2.23. The third kappa shape index (κ3) is 4.69. The molecule has 0 radical (unpaired) electrons. The summed E-state index contributed by atoms with van der Waals surface area (Å²) < 4.78 is 27.4. The lowest BCUT2D eigenvalue weighted by atomic mass is 9.92. The largest absolute Gasteiger partial charge is 0.319 e. The van der Waals surface area contributed by atoms with Crippen molar-refractivity contribution in [3.8, 4) is 11.3 Å². The van der Waals surface area contributed by atoms with Gasteiger partial charge in [0.05, 0.1) is 22.6 Å². The molecule has 164 valence electrons. The molecular weight excluding hydrogens is 412 g/mol. The van der Waals surface area contributed by atoms with Gasteiger partial charge >= 0.3 is 0 Å². The van der Waals surface area contributed by atoms with Gasteiger partial charge in [0, 0.05) is 49.1 Å². The Morgan fingerprint density at radius 2 is 1.84 bits per heavy atom. The molecule has 0 aliphatic heterocycles. The molecule has 0 saturated carbocycles. The van der Waals surface area contributed by atoms with Crippen LogP contribution in [-0.2, 0) is 0 Å². The maximum absolute atomic E-state index is 13.7. The van der Waals surface area contributed by atoms with E-state index >= 15 is 0 Å². The molecule has 3 aromatic heterocycles. The molecule has 4 rings (SSSR count). The standard InChI is InChI=1S/C24H23F2N5O/c1-15(2)22-29-13-17(14-30-22)23(32)31-21-18(19-5-3-4-11-27-19)8-12-28-20(21)16-6-9-24(25,26)10-7-16/h3-6,8,11-15H,7,9-10H2,1-2H3,(H,31,32). The van der Waals surface area contributed by atoms with Gasteiger partial charge in [-0.3, -0.25) is 14.8 Å². The van der Waals surface area contributed by atoms with Crippen molar-refractivity contribution in [2.45, 2.75) is 45.0 Å². The third-order valence-electron chi connectivity index (χ3n) is 5.29. The van der Waals surface area contributed by atoms with Crippen LogP contribution in [0.4, 0.5) is 14.5 Å². The number of allylic oxidation sites excluding steroid dienone is 2. The van der Waals surface area contributed by atoms with Crippen molar-refractivity contribution in [1.82, 2.24) is 19.9 Å². The number of hydrogen-bond acceptors (Lipinski definition) is 5. The first kappa shape index (κ1) is 21.7. The molecule has 1 aliphatic rings. The number of hydrogen-bond donors (Lipinski definition) is 1. The summed E-state index contributed by atoms with van der Waals surface area (Å²) in [6, 6.07) is 7.20. The fraction of sp³-hybridized carbons (Fsp3) is 0.292. The summed E-state index contributed by atoms with van der Waals surface area (Å²) in [6.07, 6.45) is 7.28. The smallest absolute Gasteiger partial charge is 0.258 e. The average Bonchev–Trinajstić information content (AvgIpc) is 2.80. The van der Waals surface area contributed by atoms with E-state index in [-0.39, 0.29) is 25.2 Å². The highest BCUT2D eigenvalue weighted by atomic mass is 19.3. The van der Waals surface area contributed by atoms with E-state index < -0.39 is 11.8 Å². The highest BCUT2D eigenvalue weighted by molar-refractivity contribution is 6.07. The zero-order chi connectivity index (χ0) is 22.7. The van der Waals surface area contributed by atoms with Crippen LogP contribution in [0.25, 0.3) is 16.8 Å². The number of anilines is 1. The number of nitrogens with one attached hydrogen (secondary N) is 1. The maximum Gasteiger partial charge on any atom is 0.258 e. The van der Waals surface area contributed by atoms with E-state index in [1.165, 1.54) is 18.5 Å². The van der Waals surface area contributed by atoms with Crippen LogP contribution in [0, 0.1) is 0 Å². The molecule has 0 atom stereocenters. The summed E-state index contributed by atoms with van der Waals surface area (Å²) in [7, 11) is 0. The molecular formula is C24H23F2N5O. The quantitative estimate of drug-likeness (QED) is 0.571. The molecule has 3 aromatic rings. The predicted molar refractivity (Wildman–Crippen MR) is 118 cm³/mol. The number of nitrogens with zero attached hydrogens (tertiary/aromatic N) is 4. The van der Waals surface area contributed by atoms with Crippen LogP contribution in [-0.4, -0.2) is 31.8 Å².